The molecule has 0 amide bonds. The Morgan fingerprint density at radius 3 is 2.58 bits per heavy atom. The molecule has 0 aromatic heterocycles. The summed E-state index contributed by atoms with van der Waals surface area (Å²) in [7, 11) is 0. The van der Waals surface area contributed by atoms with Gasteiger partial charge in [-0.05, 0) is 19.1 Å². The van der Waals surface area contributed by atoms with Crippen molar-refractivity contribution in [3.05, 3.63) is 24.2 Å². The van der Waals surface area contributed by atoms with Crippen molar-refractivity contribution in [1.29, 1.82) is 0 Å². The molecule has 0 aliphatic heterocycles. The van der Waals surface area contributed by atoms with Crippen LogP contribution in [0.1, 0.15) is 26.7 Å². The van der Waals surface area contributed by atoms with Crippen LogP contribution < -0.4 is 24.0 Å². The number of unbranched alkanes of at least 4 members (excludes halogenated alkanes) is 1. The van der Waals surface area contributed by atoms with E-state index in [1.807, 2.05) is 6.08 Å². The first-order valence-corrected chi connectivity index (χ1v) is 3.97. The first-order chi connectivity index (χ1) is 5.31. The second kappa shape index (κ2) is 10.7. The molecular weight excluding hydrogens is 147 g/mol. The first-order valence-electron chi connectivity index (χ1n) is 3.97. The summed E-state index contributed by atoms with van der Waals surface area (Å²) in [5, 5.41) is 10.7. The van der Waals surface area contributed by atoms with Crippen molar-refractivity contribution in [2.75, 3.05) is 6.61 Å². The molecule has 0 rings (SSSR count). The van der Waals surface area contributed by atoms with Crippen LogP contribution in [0, 0.1) is 0 Å². The van der Waals surface area contributed by atoms with Crippen LogP contribution in [0.15, 0.2) is 24.2 Å². The van der Waals surface area contributed by atoms with E-state index in [0.717, 1.165) is 12.8 Å². The molecule has 0 saturated carbocycles. The molecule has 0 N–H and O–H groups in total. The Kier molecular flexibility index (Phi) is 12.6. The molecule has 0 heterocycles. The average Bonchev–Trinajstić information content (AvgIpc) is 1.99. The zero-order chi connectivity index (χ0) is 8.53. The quantitative estimate of drug-likeness (QED) is 0.282. The molecule has 0 aromatic carbocycles. The standard InChI is InChI=1S/C9H16O2.Li/c1-3-5-6-7-8-9(10)11-4-2;/h6-8,10H,3-5H2,1-2H3;/q;+1/p-1/b7-6-,9-8-;. The van der Waals surface area contributed by atoms with Crippen LogP contribution in [0.5, 0.6) is 0 Å². The minimum Gasteiger partial charge on any atom is -0.614 e. The van der Waals surface area contributed by atoms with Gasteiger partial charge in [0.2, 0.25) is 0 Å². The van der Waals surface area contributed by atoms with Gasteiger partial charge >= 0.3 is 18.9 Å². The summed E-state index contributed by atoms with van der Waals surface area (Å²) >= 11 is 0. The Bertz CT molecular complexity index is 141. The monoisotopic (exact) mass is 162 g/mol. The van der Waals surface area contributed by atoms with Gasteiger partial charge in [-0.15, -0.1) is 0 Å². The van der Waals surface area contributed by atoms with Crippen molar-refractivity contribution in [3.63, 3.8) is 0 Å². The molecular formula is C9H15LiO2. The Morgan fingerprint density at radius 2 is 2.08 bits per heavy atom. The fourth-order valence-corrected chi connectivity index (χ4v) is 0.600. The molecule has 64 valence electrons. The Hall–Kier alpha value is -0.323. The minimum atomic E-state index is -0.264. The van der Waals surface area contributed by atoms with Crippen molar-refractivity contribution in [2.45, 2.75) is 26.7 Å². The van der Waals surface area contributed by atoms with Crippen molar-refractivity contribution in [3.8, 4) is 0 Å². The van der Waals surface area contributed by atoms with E-state index in [0.29, 0.717) is 6.61 Å². The summed E-state index contributed by atoms with van der Waals surface area (Å²) in [6, 6.07) is 0. The van der Waals surface area contributed by atoms with E-state index in [1.165, 1.54) is 6.08 Å². The second-order valence-electron chi connectivity index (χ2n) is 2.14. The third-order valence-electron chi connectivity index (χ3n) is 1.11. The van der Waals surface area contributed by atoms with Gasteiger partial charge in [0.05, 0.1) is 5.95 Å². The van der Waals surface area contributed by atoms with Crippen molar-refractivity contribution < 1.29 is 28.7 Å². The molecule has 2 nitrogen and oxygen atoms in total. The van der Waals surface area contributed by atoms with E-state index >= 15 is 0 Å². The van der Waals surface area contributed by atoms with E-state index in [9.17, 15) is 5.11 Å². The fourth-order valence-electron chi connectivity index (χ4n) is 0.600. The first kappa shape index (κ1) is 14.2. The second-order valence-corrected chi connectivity index (χ2v) is 2.14. The molecule has 0 unspecified atom stereocenters. The zero-order valence-corrected chi connectivity index (χ0v) is 8.17. The van der Waals surface area contributed by atoms with Crippen LogP contribution in [0.2, 0.25) is 0 Å². The molecule has 0 radical (unpaired) electrons. The molecule has 0 aliphatic carbocycles. The third kappa shape index (κ3) is 9.68. The topological polar surface area (TPSA) is 32.3 Å². The van der Waals surface area contributed by atoms with E-state index in [-0.39, 0.29) is 24.8 Å². The molecule has 3 heteroatoms. The summed E-state index contributed by atoms with van der Waals surface area (Å²) in [6.07, 6.45) is 7.25. The van der Waals surface area contributed by atoms with E-state index in [2.05, 4.69) is 11.7 Å². The van der Waals surface area contributed by atoms with Gasteiger partial charge in [-0.2, -0.15) is 0 Å². The van der Waals surface area contributed by atoms with E-state index in [1.54, 1.807) is 13.0 Å². The number of rotatable bonds is 5. The van der Waals surface area contributed by atoms with Gasteiger partial charge < -0.3 is 9.84 Å². The van der Waals surface area contributed by atoms with Gasteiger partial charge in [-0.1, -0.05) is 32.4 Å². The predicted molar refractivity (Wildman–Crippen MR) is 43.8 cm³/mol. The maximum Gasteiger partial charge on any atom is 1.00 e. The molecule has 0 aromatic rings. The van der Waals surface area contributed by atoms with Gasteiger partial charge in [0, 0.05) is 0 Å². The number of ether oxygens (including phenoxy) is 1. The average molecular weight is 162 g/mol. The van der Waals surface area contributed by atoms with Crippen molar-refractivity contribution in [2.24, 2.45) is 0 Å². The normalized spacial score (nSPS) is 11.3. The van der Waals surface area contributed by atoms with Crippen molar-refractivity contribution in [1.82, 2.24) is 0 Å². The molecule has 0 bridgehead atoms. The number of allylic oxidation sites excluding steroid dienone is 3. The van der Waals surface area contributed by atoms with Crippen LogP contribution in [-0.4, -0.2) is 6.61 Å². The van der Waals surface area contributed by atoms with Crippen molar-refractivity contribution >= 4 is 0 Å². The molecule has 0 fully saturated rings. The van der Waals surface area contributed by atoms with E-state index < -0.39 is 0 Å². The Morgan fingerprint density at radius 1 is 1.42 bits per heavy atom. The fraction of sp³-hybridized carbons (Fsp3) is 0.556. The maximum absolute atomic E-state index is 10.7. The summed E-state index contributed by atoms with van der Waals surface area (Å²) in [6.45, 7) is 4.33. The van der Waals surface area contributed by atoms with Crippen LogP contribution in [0.25, 0.3) is 0 Å². The predicted octanol–water partition coefficient (Wildman–Crippen LogP) is -1.42. The van der Waals surface area contributed by atoms with Gasteiger partial charge in [-0.3, -0.25) is 0 Å². The summed E-state index contributed by atoms with van der Waals surface area (Å²) < 4.78 is 4.68. The van der Waals surface area contributed by atoms with Crippen LogP contribution >= 0.6 is 0 Å². The van der Waals surface area contributed by atoms with Gasteiger partial charge in [0.15, 0.2) is 0 Å². The zero-order valence-electron chi connectivity index (χ0n) is 8.17. The summed E-state index contributed by atoms with van der Waals surface area (Å²) in [5.41, 5.74) is 0. The minimum absolute atomic E-state index is 0. The van der Waals surface area contributed by atoms with Gasteiger partial charge in [0.1, 0.15) is 0 Å². The summed E-state index contributed by atoms with van der Waals surface area (Å²) in [5.74, 6) is -0.264. The molecule has 0 atom stereocenters. The third-order valence-corrected chi connectivity index (χ3v) is 1.11. The molecule has 0 saturated heterocycles. The van der Waals surface area contributed by atoms with Crippen LogP contribution in [0.3, 0.4) is 0 Å². The SMILES string of the molecule is CCC/C=C\C=C(\[O-])OCC.[Li+]. The molecule has 12 heavy (non-hydrogen) atoms. The van der Waals surface area contributed by atoms with Gasteiger partial charge in [-0.25, -0.2) is 0 Å². The van der Waals surface area contributed by atoms with Crippen LogP contribution in [0.4, 0.5) is 0 Å². The largest absolute Gasteiger partial charge is 1.00 e. The van der Waals surface area contributed by atoms with Crippen LogP contribution in [-0.2, 0) is 4.74 Å². The molecule has 0 spiro atoms. The number of hydrogen-bond acceptors (Lipinski definition) is 2. The Labute approximate surface area is 86.5 Å². The Balaban J connectivity index is 0. The summed E-state index contributed by atoms with van der Waals surface area (Å²) in [4.78, 5) is 0. The maximum atomic E-state index is 10.7. The number of hydrogen-bond donors (Lipinski definition) is 0. The molecule has 0 aliphatic rings. The van der Waals surface area contributed by atoms with Gasteiger partial charge in [0.25, 0.3) is 0 Å². The smallest absolute Gasteiger partial charge is 0.614 e. The van der Waals surface area contributed by atoms with E-state index in [4.69, 9.17) is 0 Å².